The van der Waals surface area contributed by atoms with Crippen LogP contribution in [0.15, 0.2) is 42.4 Å². The summed E-state index contributed by atoms with van der Waals surface area (Å²) in [6, 6.07) is 7.72. The molecule has 1 aliphatic carbocycles. The van der Waals surface area contributed by atoms with Crippen molar-refractivity contribution in [2.24, 2.45) is 5.41 Å². The van der Waals surface area contributed by atoms with Gasteiger partial charge in [-0.15, -0.1) is 5.53 Å². The van der Waals surface area contributed by atoms with E-state index in [-0.39, 0.29) is 21.8 Å². The summed E-state index contributed by atoms with van der Waals surface area (Å²) < 4.78 is 54.6. The number of anilines is 2. The zero-order chi connectivity index (χ0) is 29.7. The first-order chi connectivity index (χ1) is 19.2. The summed E-state index contributed by atoms with van der Waals surface area (Å²) in [4.78, 5) is 8.28. The van der Waals surface area contributed by atoms with Crippen molar-refractivity contribution in [3.05, 3.63) is 70.2 Å². The van der Waals surface area contributed by atoms with Crippen LogP contribution in [0.4, 0.5) is 28.9 Å². The molecule has 1 saturated carbocycles. The molecule has 0 spiro atoms. The van der Waals surface area contributed by atoms with Crippen LogP contribution in [-0.4, -0.2) is 33.2 Å². The predicted molar refractivity (Wildman–Crippen MR) is 149 cm³/mol. The van der Waals surface area contributed by atoms with Crippen LogP contribution in [0, 0.1) is 29.6 Å². The summed E-state index contributed by atoms with van der Waals surface area (Å²) in [7, 11) is 0. The van der Waals surface area contributed by atoms with Crippen LogP contribution in [-0.2, 0) is 0 Å². The van der Waals surface area contributed by atoms with E-state index in [9.17, 15) is 22.8 Å². The lowest BCUT2D eigenvalue weighted by Gasteiger charge is -2.29. The van der Waals surface area contributed by atoms with E-state index in [4.69, 9.17) is 11.6 Å². The van der Waals surface area contributed by atoms with E-state index in [0.29, 0.717) is 27.8 Å². The molecule has 3 aromatic rings. The maximum atomic E-state index is 13.9. The van der Waals surface area contributed by atoms with Gasteiger partial charge in [0.1, 0.15) is 6.07 Å². The Balaban J connectivity index is 1.57. The van der Waals surface area contributed by atoms with Crippen molar-refractivity contribution in [2.45, 2.75) is 58.3 Å². The molecule has 2 aromatic heterocycles. The Kier molecular flexibility index (Phi) is 7.16. The third-order valence-electron chi connectivity index (χ3n) is 7.69. The van der Waals surface area contributed by atoms with Crippen LogP contribution in [0.2, 0.25) is 5.02 Å². The van der Waals surface area contributed by atoms with Crippen LogP contribution in [0.3, 0.4) is 0 Å². The standard InChI is InChI=1S/C28H29ClF4N8/c1-15-18(5-6-22(30)37-15)25(21-13-41(40-39-21)27(4)7-8-27)38-17-9-19-23(36-14-26(2,3)28(31,32)33)16(11-34)12-35-24(19)20(29)10-17/h5-6,9-10,12-13,25,38-40H,7-8,14H2,1-4H3,(H,35,36)/t25-/m0/s1. The Labute approximate surface area is 239 Å². The molecule has 1 aliphatic heterocycles. The minimum absolute atomic E-state index is 0.0220. The van der Waals surface area contributed by atoms with Gasteiger partial charge in [0.15, 0.2) is 0 Å². The Bertz CT molecular complexity index is 1580. The highest BCUT2D eigenvalue weighted by Gasteiger charge is 2.47. The lowest BCUT2D eigenvalue weighted by molar-refractivity contribution is -0.206. The number of alkyl halides is 3. The van der Waals surface area contributed by atoms with E-state index in [1.165, 1.54) is 12.3 Å². The highest BCUT2D eigenvalue weighted by atomic mass is 35.5. The predicted octanol–water partition coefficient (Wildman–Crippen LogP) is 6.47. The zero-order valence-electron chi connectivity index (χ0n) is 22.8. The van der Waals surface area contributed by atoms with Crippen molar-refractivity contribution in [1.82, 2.24) is 25.9 Å². The number of halogens is 5. The van der Waals surface area contributed by atoms with Crippen molar-refractivity contribution < 1.29 is 17.6 Å². The molecule has 41 heavy (non-hydrogen) atoms. The average molecular weight is 589 g/mol. The van der Waals surface area contributed by atoms with Crippen LogP contribution in [0.5, 0.6) is 0 Å². The SMILES string of the molecule is Cc1nc(F)ccc1[C@H](Nc1cc(Cl)c2ncc(C#N)c(NCC(C)(C)C(F)(F)F)c2c1)C1=CN(C2(C)CC2)NN1. The number of benzene rings is 1. The molecular formula is C28H29ClF4N8. The van der Waals surface area contributed by atoms with E-state index in [2.05, 4.69) is 38.5 Å². The molecule has 1 atom stereocenters. The summed E-state index contributed by atoms with van der Waals surface area (Å²) in [5.74, 6) is -0.607. The first-order valence-electron chi connectivity index (χ1n) is 13.0. The second-order valence-electron chi connectivity index (χ2n) is 11.3. The van der Waals surface area contributed by atoms with Gasteiger partial charge in [0.05, 0.1) is 44.5 Å². The molecule has 5 rings (SSSR count). The van der Waals surface area contributed by atoms with Gasteiger partial charge in [-0.2, -0.15) is 22.8 Å². The number of aryl methyl sites for hydroxylation is 1. The fourth-order valence-electron chi connectivity index (χ4n) is 4.55. The smallest absolute Gasteiger partial charge is 0.382 e. The summed E-state index contributed by atoms with van der Waals surface area (Å²) in [5.41, 5.74) is 7.28. The fourth-order valence-corrected chi connectivity index (χ4v) is 4.82. The number of hydrogen-bond donors (Lipinski definition) is 4. The van der Waals surface area contributed by atoms with Gasteiger partial charge in [-0.1, -0.05) is 17.7 Å². The third kappa shape index (κ3) is 5.56. The molecule has 1 fully saturated rings. The maximum Gasteiger partial charge on any atom is 0.395 e. The number of pyridine rings is 2. The Morgan fingerprint density at radius 3 is 2.61 bits per heavy atom. The van der Waals surface area contributed by atoms with Crippen LogP contribution in [0.1, 0.15) is 56.5 Å². The molecule has 3 heterocycles. The number of nitrogens with zero attached hydrogens (tertiary/aromatic N) is 4. The van der Waals surface area contributed by atoms with Gasteiger partial charge in [0, 0.05) is 41.3 Å². The lowest BCUT2D eigenvalue weighted by Crippen LogP contribution is -2.43. The van der Waals surface area contributed by atoms with Crippen molar-refractivity contribution in [3.63, 3.8) is 0 Å². The molecule has 2 aliphatic rings. The quantitative estimate of drug-likeness (QED) is 0.175. The highest BCUT2D eigenvalue weighted by molar-refractivity contribution is 6.35. The first-order valence-corrected chi connectivity index (χ1v) is 13.4. The summed E-state index contributed by atoms with van der Waals surface area (Å²) in [6.07, 6.45) is 0.812. The Morgan fingerprint density at radius 2 is 1.98 bits per heavy atom. The van der Waals surface area contributed by atoms with E-state index < -0.39 is 30.1 Å². The monoisotopic (exact) mass is 588 g/mol. The Hall–Kier alpha value is -3.82. The van der Waals surface area contributed by atoms with E-state index in [1.54, 1.807) is 25.1 Å². The molecule has 0 saturated heterocycles. The molecule has 13 heteroatoms. The molecule has 0 radical (unpaired) electrons. The summed E-state index contributed by atoms with van der Waals surface area (Å²) >= 11 is 6.62. The molecule has 1 aromatic carbocycles. The maximum absolute atomic E-state index is 13.9. The first kappa shape index (κ1) is 28.7. The van der Waals surface area contributed by atoms with Gasteiger partial charge in [-0.25, -0.2) is 4.98 Å². The second kappa shape index (κ2) is 10.2. The average Bonchev–Trinajstić information content (AvgIpc) is 3.44. The number of hydrazine groups is 2. The van der Waals surface area contributed by atoms with Gasteiger partial charge >= 0.3 is 6.18 Å². The third-order valence-corrected chi connectivity index (χ3v) is 7.98. The molecule has 0 amide bonds. The van der Waals surface area contributed by atoms with E-state index in [1.807, 2.05) is 17.3 Å². The number of nitriles is 1. The minimum atomic E-state index is -4.46. The van der Waals surface area contributed by atoms with Gasteiger partial charge < -0.3 is 16.1 Å². The van der Waals surface area contributed by atoms with E-state index in [0.717, 1.165) is 32.4 Å². The number of aromatic nitrogens is 2. The second-order valence-corrected chi connectivity index (χ2v) is 11.7. The van der Waals surface area contributed by atoms with Gasteiger partial charge in [-0.3, -0.25) is 9.99 Å². The molecule has 8 nitrogen and oxygen atoms in total. The van der Waals surface area contributed by atoms with Crippen molar-refractivity contribution in [1.29, 1.82) is 5.26 Å². The Morgan fingerprint density at radius 1 is 1.24 bits per heavy atom. The number of hydrogen-bond acceptors (Lipinski definition) is 8. The lowest BCUT2D eigenvalue weighted by atomic mass is 9.92. The van der Waals surface area contributed by atoms with Crippen molar-refractivity contribution in [3.8, 4) is 6.07 Å². The fraction of sp³-hybridized carbons (Fsp3) is 0.393. The molecule has 216 valence electrons. The topological polar surface area (TPSA) is 101 Å². The largest absolute Gasteiger partial charge is 0.395 e. The van der Waals surface area contributed by atoms with Crippen LogP contribution < -0.4 is 21.6 Å². The van der Waals surface area contributed by atoms with Crippen LogP contribution in [0.25, 0.3) is 10.9 Å². The van der Waals surface area contributed by atoms with E-state index >= 15 is 0 Å². The molecule has 0 bridgehead atoms. The number of rotatable bonds is 8. The van der Waals surface area contributed by atoms with Crippen molar-refractivity contribution >= 4 is 33.9 Å². The summed E-state index contributed by atoms with van der Waals surface area (Å²) in [6.45, 7) is 5.53. The molecular weight excluding hydrogens is 560 g/mol. The number of nitrogens with one attached hydrogen (secondary N) is 4. The molecule has 4 N–H and O–H groups in total. The summed E-state index contributed by atoms with van der Waals surface area (Å²) in [5, 5.41) is 18.6. The van der Waals surface area contributed by atoms with Gasteiger partial charge in [0.25, 0.3) is 0 Å². The molecule has 0 unspecified atom stereocenters. The normalized spacial score (nSPS) is 17.1. The minimum Gasteiger partial charge on any atom is -0.382 e. The van der Waals surface area contributed by atoms with Crippen molar-refractivity contribution in [2.75, 3.05) is 17.2 Å². The highest BCUT2D eigenvalue weighted by Crippen LogP contribution is 2.43. The zero-order valence-corrected chi connectivity index (χ0v) is 23.6. The number of fused-ring (bicyclic) bond motifs is 1. The van der Waals surface area contributed by atoms with Gasteiger partial charge in [-0.05, 0) is 58.7 Å². The van der Waals surface area contributed by atoms with Crippen LogP contribution >= 0.6 is 11.6 Å². The van der Waals surface area contributed by atoms with Gasteiger partial charge in [0.2, 0.25) is 5.95 Å².